The Labute approximate surface area is 72.4 Å². The molecular formula is C9H14O3. The lowest BCUT2D eigenvalue weighted by atomic mass is 9.96. The first-order valence-corrected chi connectivity index (χ1v) is 4.14. The van der Waals surface area contributed by atoms with Crippen LogP contribution in [0.25, 0.3) is 0 Å². The van der Waals surface area contributed by atoms with Gasteiger partial charge >= 0.3 is 5.97 Å². The summed E-state index contributed by atoms with van der Waals surface area (Å²) in [7, 11) is 0. The number of carbonyl (C=O) groups is 1. The summed E-state index contributed by atoms with van der Waals surface area (Å²) >= 11 is 0. The molecule has 0 bridgehead atoms. The molecule has 1 rings (SSSR count). The average molecular weight is 170 g/mol. The summed E-state index contributed by atoms with van der Waals surface area (Å²) in [6.07, 6.45) is 3.71. The van der Waals surface area contributed by atoms with Crippen LogP contribution in [0.3, 0.4) is 0 Å². The van der Waals surface area contributed by atoms with E-state index in [9.17, 15) is 4.79 Å². The van der Waals surface area contributed by atoms with E-state index in [4.69, 9.17) is 9.47 Å². The molecule has 0 saturated heterocycles. The van der Waals surface area contributed by atoms with Crippen LogP contribution in [0.4, 0.5) is 0 Å². The molecule has 12 heavy (non-hydrogen) atoms. The monoisotopic (exact) mass is 170 g/mol. The molecule has 0 spiro atoms. The summed E-state index contributed by atoms with van der Waals surface area (Å²) in [6.45, 7) is 5.14. The van der Waals surface area contributed by atoms with Gasteiger partial charge in [0.15, 0.2) is 6.79 Å². The molecule has 68 valence electrons. The van der Waals surface area contributed by atoms with E-state index in [1.165, 1.54) is 6.42 Å². The Hall–Kier alpha value is -0.830. The second-order valence-electron chi connectivity index (χ2n) is 3.05. The van der Waals surface area contributed by atoms with Crippen LogP contribution in [0.1, 0.15) is 26.2 Å². The van der Waals surface area contributed by atoms with Crippen molar-refractivity contribution in [3.8, 4) is 0 Å². The third kappa shape index (κ3) is 2.66. The van der Waals surface area contributed by atoms with Crippen LogP contribution >= 0.6 is 0 Å². The van der Waals surface area contributed by atoms with Gasteiger partial charge in [-0.1, -0.05) is 6.58 Å². The van der Waals surface area contributed by atoms with Gasteiger partial charge in [-0.05, 0) is 26.2 Å². The minimum atomic E-state index is -0.380. The zero-order valence-electron chi connectivity index (χ0n) is 7.34. The number of esters is 1. The normalized spacial score (nSPS) is 16.8. The molecule has 0 amide bonds. The summed E-state index contributed by atoms with van der Waals surface area (Å²) in [5.74, 6) is -0.380. The number of hydrogen-bond acceptors (Lipinski definition) is 3. The molecule has 0 aliphatic heterocycles. The fourth-order valence-corrected chi connectivity index (χ4v) is 0.844. The standard InChI is InChI=1S/C9H14O3/c1-7(2)9(10)12-6-11-8-4-3-5-8/h8H,1,3-6H2,2H3. The molecule has 0 atom stereocenters. The van der Waals surface area contributed by atoms with Crippen molar-refractivity contribution in [2.45, 2.75) is 32.3 Å². The van der Waals surface area contributed by atoms with Crippen molar-refractivity contribution in [3.05, 3.63) is 12.2 Å². The molecule has 0 unspecified atom stereocenters. The van der Waals surface area contributed by atoms with Gasteiger partial charge in [0.05, 0.1) is 6.10 Å². The fraction of sp³-hybridized carbons (Fsp3) is 0.667. The molecule has 1 fully saturated rings. The van der Waals surface area contributed by atoms with E-state index in [2.05, 4.69) is 6.58 Å². The van der Waals surface area contributed by atoms with Crippen LogP contribution < -0.4 is 0 Å². The Balaban J connectivity index is 2.01. The Morgan fingerprint density at radius 1 is 1.58 bits per heavy atom. The van der Waals surface area contributed by atoms with Crippen molar-refractivity contribution in [2.75, 3.05) is 6.79 Å². The van der Waals surface area contributed by atoms with Gasteiger partial charge in [0.25, 0.3) is 0 Å². The Morgan fingerprint density at radius 2 is 2.25 bits per heavy atom. The minimum absolute atomic E-state index is 0.0658. The van der Waals surface area contributed by atoms with Crippen LogP contribution in [-0.4, -0.2) is 18.9 Å². The molecule has 0 radical (unpaired) electrons. The van der Waals surface area contributed by atoms with Crippen molar-refractivity contribution >= 4 is 5.97 Å². The number of rotatable bonds is 4. The van der Waals surface area contributed by atoms with Gasteiger partial charge in [-0.2, -0.15) is 0 Å². The molecule has 0 aromatic carbocycles. The zero-order valence-corrected chi connectivity index (χ0v) is 7.34. The molecule has 3 nitrogen and oxygen atoms in total. The first-order valence-electron chi connectivity index (χ1n) is 4.14. The number of ether oxygens (including phenoxy) is 2. The van der Waals surface area contributed by atoms with Crippen molar-refractivity contribution in [3.63, 3.8) is 0 Å². The Morgan fingerprint density at radius 3 is 2.67 bits per heavy atom. The van der Waals surface area contributed by atoms with Gasteiger partial charge in [-0.3, -0.25) is 0 Å². The first kappa shape index (κ1) is 9.26. The molecule has 0 heterocycles. The highest BCUT2D eigenvalue weighted by Crippen LogP contribution is 2.21. The van der Waals surface area contributed by atoms with Crippen LogP contribution in [0.15, 0.2) is 12.2 Å². The van der Waals surface area contributed by atoms with Crippen LogP contribution in [0.5, 0.6) is 0 Å². The van der Waals surface area contributed by atoms with E-state index in [0.29, 0.717) is 11.7 Å². The highest BCUT2D eigenvalue weighted by Gasteiger charge is 2.18. The maximum absolute atomic E-state index is 10.8. The predicted molar refractivity (Wildman–Crippen MR) is 44.5 cm³/mol. The van der Waals surface area contributed by atoms with Crippen molar-refractivity contribution in [1.82, 2.24) is 0 Å². The highest BCUT2D eigenvalue weighted by atomic mass is 16.7. The molecular weight excluding hydrogens is 156 g/mol. The topological polar surface area (TPSA) is 35.5 Å². The smallest absolute Gasteiger partial charge is 0.335 e. The van der Waals surface area contributed by atoms with Crippen LogP contribution in [0, 0.1) is 0 Å². The maximum atomic E-state index is 10.8. The average Bonchev–Trinajstić information content (AvgIpc) is 1.93. The zero-order chi connectivity index (χ0) is 8.97. The first-order chi connectivity index (χ1) is 5.70. The molecule has 1 saturated carbocycles. The van der Waals surface area contributed by atoms with Gasteiger partial charge in [0.2, 0.25) is 0 Å². The van der Waals surface area contributed by atoms with E-state index in [1.807, 2.05) is 0 Å². The lowest BCUT2D eigenvalue weighted by Gasteiger charge is -2.24. The maximum Gasteiger partial charge on any atom is 0.335 e. The van der Waals surface area contributed by atoms with E-state index in [-0.39, 0.29) is 12.8 Å². The van der Waals surface area contributed by atoms with Crippen LogP contribution in [0.2, 0.25) is 0 Å². The van der Waals surface area contributed by atoms with Gasteiger partial charge in [-0.25, -0.2) is 4.79 Å². The van der Waals surface area contributed by atoms with Gasteiger partial charge in [0.1, 0.15) is 0 Å². The molecule has 0 aromatic heterocycles. The van der Waals surface area contributed by atoms with E-state index < -0.39 is 0 Å². The number of carbonyl (C=O) groups excluding carboxylic acids is 1. The third-order valence-electron chi connectivity index (χ3n) is 1.89. The molecule has 1 aliphatic rings. The Bertz CT molecular complexity index is 182. The van der Waals surface area contributed by atoms with E-state index >= 15 is 0 Å². The quantitative estimate of drug-likeness (QED) is 0.365. The van der Waals surface area contributed by atoms with E-state index in [0.717, 1.165) is 12.8 Å². The van der Waals surface area contributed by atoms with Crippen molar-refractivity contribution in [2.24, 2.45) is 0 Å². The fourth-order valence-electron chi connectivity index (χ4n) is 0.844. The van der Waals surface area contributed by atoms with E-state index in [1.54, 1.807) is 6.92 Å². The van der Waals surface area contributed by atoms with Gasteiger partial charge < -0.3 is 9.47 Å². The summed E-state index contributed by atoms with van der Waals surface area (Å²) in [5, 5.41) is 0. The van der Waals surface area contributed by atoms with Crippen molar-refractivity contribution < 1.29 is 14.3 Å². The van der Waals surface area contributed by atoms with Crippen molar-refractivity contribution in [1.29, 1.82) is 0 Å². The largest absolute Gasteiger partial charge is 0.435 e. The van der Waals surface area contributed by atoms with Crippen LogP contribution in [-0.2, 0) is 14.3 Å². The second kappa shape index (κ2) is 4.26. The molecule has 1 aliphatic carbocycles. The summed E-state index contributed by atoms with van der Waals surface area (Å²) in [5.41, 5.74) is 0.409. The number of hydrogen-bond donors (Lipinski definition) is 0. The summed E-state index contributed by atoms with van der Waals surface area (Å²) < 4.78 is 9.96. The SMILES string of the molecule is C=C(C)C(=O)OCOC1CCC1. The Kier molecular flexibility index (Phi) is 3.29. The second-order valence-corrected chi connectivity index (χ2v) is 3.05. The van der Waals surface area contributed by atoms with Gasteiger partial charge in [-0.15, -0.1) is 0 Å². The lowest BCUT2D eigenvalue weighted by molar-refractivity contribution is -0.160. The lowest BCUT2D eigenvalue weighted by Crippen LogP contribution is -2.23. The summed E-state index contributed by atoms with van der Waals surface area (Å²) in [4.78, 5) is 10.8. The minimum Gasteiger partial charge on any atom is -0.435 e. The predicted octanol–water partition coefficient (Wildman–Crippen LogP) is 1.63. The van der Waals surface area contributed by atoms with Gasteiger partial charge in [0, 0.05) is 5.57 Å². The third-order valence-corrected chi connectivity index (χ3v) is 1.89. The summed E-state index contributed by atoms with van der Waals surface area (Å²) in [6, 6.07) is 0. The molecule has 3 heteroatoms. The molecule has 0 aromatic rings. The molecule has 0 N–H and O–H groups in total. The highest BCUT2D eigenvalue weighted by molar-refractivity contribution is 5.86.